The Morgan fingerprint density at radius 1 is 1.33 bits per heavy atom. The number of allylic oxidation sites excluding steroid dienone is 4. The molecule has 8 saturated carbocycles. The third-order valence-corrected chi connectivity index (χ3v) is 9.12. The first-order chi connectivity index (χ1) is 7.40. The van der Waals surface area contributed by atoms with E-state index < -0.39 is 0 Å². The average Bonchev–Trinajstić information content (AvgIpc) is 2.99. The van der Waals surface area contributed by atoms with Gasteiger partial charge in [-0.1, -0.05) is 29.6 Å². The van der Waals surface area contributed by atoms with Gasteiger partial charge in [-0.05, 0) is 12.3 Å². The zero-order chi connectivity index (χ0) is 9.06. The van der Waals surface area contributed by atoms with Crippen molar-refractivity contribution >= 4 is 7.85 Å². The fourth-order valence-electron chi connectivity index (χ4n) is 9.82. The van der Waals surface area contributed by atoms with E-state index in [1.165, 1.54) is 0 Å². The van der Waals surface area contributed by atoms with E-state index in [4.69, 9.17) is 7.85 Å². The first-order valence-electron chi connectivity index (χ1n) is 6.55. The summed E-state index contributed by atoms with van der Waals surface area (Å²) in [5.41, 5.74) is 10.6. The van der Waals surface area contributed by atoms with Gasteiger partial charge in [0.05, 0.1) is 7.85 Å². The van der Waals surface area contributed by atoms with Crippen LogP contribution in [0, 0.1) is 43.8 Å². The van der Waals surface area contributed by atoms with Crippen molar-refractivity contribution in [2.24, 2.45) is 43.8 Å². The first-order valence-corrected chi connectivity index (χ1v) is 6.55. The molecule has 2 radical (unpaired) electrons. The van der Waals surface area contributed by atoms with Crippen LogP contribution in [-0.4, -0.2) is 7.85 Å². The Bertz CT molecular complexity index is 746. The molecule has 0 aromatic rings. The summed E-state index contributed by atoms with van der Waals surface area (Å²) in [7, 11) is 5.58. The van der Waals surface area contributed by atoms with E-state index in [9.17, 15) is 0 Å². The smallest absolute Gasteiger partial charge is 0.0657 e. The first kappa shape index (κ1) is 5.25. The Balaban J connectivity index is 1.29. The SMILES string of the molecule is [B]CC/C=C1/C2C13C21C32C34C56C=C5C63C142. The summed E-state index contributed by atoms with van der Waals surface area (Å²) in [5.74, 6) is 1.13. The minimum Gasteiger partial charge on any atom is -0.0853 e. The molecular weight excluding hydrogens is 179 g/mol. The molecule has 15 heavy (non-hydrogen) atoms. The molecule has 0 nitrogen and oxygen atoms in total. The molecule has 9 rings (SSSR count). The van der Waals surface area contributed by atoms with Gasteiger partial charge in [-0.3, -0.25) is 0 Å². The summed E-state index contributed by atoms with van der Waals surface area (Å²) >= 11 is 0. The second-order valence-electron chi connectivity index (χ2n) is 7.65. The minimum atomic E-state index is 0.849. The normalized spacial score (nSPS) is 108. The van der Waals surface area contributed by atoms with E-state index in [2.05, 4.69) is 12.2 Å². The van der Waals surface area contributed by atoms with Crippen LogP contribution in [0.4, 0.5) is 0 Å². The summed E-state index contributed by atoms with van der Waals surface area (Å²) in [6.45, 7) is 0. The Morgan fingerprint density at radius 3 is 3.00 bits per heavy atom. The summed E-state index contributed by atoms with van der Waals surface area (Å²) < 4.78 is 0. The summed E-state index contributed by atoms with van der Waals surface area (Å²) in [5, 5.41) is 0. The molecule has 8 unspecified atom stereocenters. The number of rotatable bonds is 2. The quantitative estimate of drug-likeness (QED) is 0.452. The average molecular weight is 186 g/mol. The van der Waals surface area contributed by atoms with Gasteiger partial charge in [0.2, 0.25) is 0 Å². The van der Waals surface area contributed by atoms with Crippen LogP contribution in [0.15, 0.2) is 23.3 Å². The van der Waals surface area contributed by atoms with Crippen LogP contribution in [0.3, 0.4) is 0 Å². The Morgan fingerprint density at radius 2 is 2.27 bits per heavy atom. The highest BCUT2D eigenvalue weighted by Crippen LogP contribution is 3.70. The lowest BCUT2D eigenvalue weighted by Gasteiger charge is -2.08. The van der Waals surface area contributed by atoms with E-state index in [1.54, 1.807) is 0 Å². The van der Waals surface area contributed by atoms with Gasteiger partial charge in [0.1, 0.15) is 0 Å². The van der Waals surface area contributed by atoms with Crippen LogP contribution in [0.25, 0.3) is 0 Å². The van der Waals surface area contributed by atoms with Crippen LogP contribution >= 0.6 is 0 Å². The molecule has 8 atom stereocenters. The summed E-state index contributed by atoms with van der Waals surface area (Å²) in [6, 6.07) is 0. The zero-order valence-electron chi connectivity index (χ0n) is 8.22. The molecule has 0 aromatic heterocycles. The molecule has 9 aliphatic rings. The van der Waals surface area contributed by atoms with Crippen LogP contribution < -0.4 is 0 Å². The minimum absolute atomic E-state index is 0.849. The maximum absolute atomic E-state index is 5.58. The van der Waals surface area contributed by atoms with Gasteiger partial charge >= 0.3 is 0 Å². The molecule has 8 fully saturated rings. The van der Waals surface area contributed by atoms with Gasteiger partial charge in [0.25, 0.3) is 0 Å². The van der Waals surface area contributed by atoms with E-state index in [0.717, 1.165) is 56.6 Å². The molecule has 0 amide bonds. The van der Waals surface area contributed by atoms with Gasteiger partial charge in [-0.25, -0.2) is 0 Å². The molecule has 0 aliphatic heterocycles. The molecule has 7 spiro atoms. The highest BCUT2D eigenvalue weighted by molar-refractivity contribution is 6.24. The van der Waals surface area contributed by atoms with Crippen molar-refractivity contribution in [2.45, 2.75) is 12.7 Å². The molecule has 9 aliphatic carbocycles. The molecule has 1 heteroatoms. The molecule has 66 valence electrons. The fourth-order valence-corrected chi connectivity index (χ4v) is 9.82. The molecule has 0 N–H and O–H groups in total. The van der Waals surface area contributed by atoms with Crippen LogP contribution in [0.2, 0.25) is 6.32 Å². The highest BCUT2D eigenvalue weighted by atomic mass is 15.7. The van der Waals surface area contributed by atoms with Crippen molar-refractivity contribution in [1.82, 2.24) is 0 Å². The largest absolute Gasteiger partial charge is 0.0853 e. The van der Waals surface area contributed by atoms with Crippen molar-refractivity contribution in [1.29, 1.82) is 0 Å². The third kappa shape index (κ3) is 0.118. The number of hydrogen-bond donors (Lipinski definition) is 0. The zero-order valence-corrected chi connectivity index (χ0v) is 8.22. The summed E-state index contributed by atoms with van der Waals surface area (Å²) in [4.78, 5) is 0. The van der Waals surface area contributed by atoms with Crippen molar-refractivity contribution in [3.63, 3.8) is 0 Å². The Labute approximate surface area is 88.2 Å². The van der Waals surface area contributed by atoms with Crippen molar-refractivity contribution in [3.05, 3.63) is 23.3 Å². The van der Waals surface area contributed by atoms with Gasteiger partial charge in [0.15, 0.2) is 0 Å². The number of hydrogen-bond acceptors (Lipinski definition) is 0. The predicted octanol–water partition coefficient (Wildman–Crippen LogP) is 1.46. The Kier molecular flexibility index (Phi) is 0.251. The second-order valence-corrected chi connectivity index (χ2v) is 7.65. The fraction of sp³-hybridized carbons (Fsp3) is 0.714. The molecule has 0 aromatic carbocycles. The van der Waals surface area contributed by atoms with E-state index in [1.807, 2.05) is 11.1 Å². The van der Waals surface area contributed by atoms with Crippen molar-refractivity contribution in [3.8, 4) is 0 Å². The topological polar surface area (TPSA) is 0 Å². The van der Waals surface area contributed by atoms with Crippen LogP contribution in [-0.2, 0) is 0 Å². The monoisotopic (exact) mass is 186 g/mol. The van der Waals surface area contributed by atoms with Gasteiger partial charge < -0.3 is 0 Å². The Hall–Kier alpha value is -0.455. The molecular formula is C14H7B. The predicted molar refractivity (Wildman–Crippen MR) is 51.9 cm³/mol. The molecule has 0 heterocycles. The lowest BCUT2D eigenvalue weighted by Crippen LogP contribution is -2.06. The van der Waals surface area contributed by atoms with E-state index >= 15 is 0 Å². The second kappa shape index (κ2) is 0.716. The molecule has 0 saturated heterocycles. The molecule has 0 bridgehead atoms. The lowest BCUT2D eigenvalue weighted by molar-refractivity contribution is 0.432. The van der Waals surface area contributed by atoms with Crippen molar-refractivity contribution < 1.29 is 0 Å². The third-order valence-electron chi connectivity index (χ3n) is 9.12. The lowest BCUT2D eigenvalue weighted by atomic mass is 9.93. The maximum Gasteiger partial charge on any atom is 0.0657 e. The van der Waals surface area contributed by atoms with Crippen LogP contribution in [0.5, 0.6) is 0 Å². The summed E-state index contributed by atoms with van der Waals surface area (Å²) in [6.07, 6.45) is 7.10. The van der Waals surface area contributed by atoms with Gasteiger partial charge in [-0.2, -0.15) is 0 Å². The highest BCUT2D eigenvalue weighted by Gasteiger charge is 3.69. The van der Waals surface area contributed by atoms with Crippen molar-refractivity contribution in [2.75, 3.05) is 0 Å². The van der Waals surface area contributed by atoms with E-state index in [0.29, 0.717) is 0 Å². The van der Waals surface area contributed by atoms with Crippen LogP contribution in [0.1, 0.15) is 6.42 Å². The van der Waals surface area contributed by atoms with E-state index in [-0.39, 0.29) is 0 Å². The maximum atomic E-state index is 5.58. The standard InChI is InChI=1S/C14H7B/c15-3-1-2-5-7-9(5)11(7)13(9)12-8-4-6(8)10(8,12)14(11,12)13/h2,4,7H,1,3H2/b5-2-. The van der Waals surface area contributed by atoms with Gasteiger partial charge in [-0.15, -0.1) is 0 Å². The van der Waals surface area contributed by atoms with Gasteiger partial charge in [0, 0.05) is 37.9 Å².